The van der Waals surface area contributed by atoms with Crippen LogP contribution in [0.2, 0.25) is 0 Å². The standard InChI is InChI=1S/C10H18N2OS/c1-8-5-9(6-12-2)13-10(8)7-14-4-3-11/h5,12H,3-4,6-7,11H2,1-2H3. The molecular weight excluding hydrogens is 196 g/mol. The lowest BCUT2D eigenvalue weighted by atomic mass is 10.3. The van der Waals surface area contributed by atoms with Crippen molar-refractivity contribution in [3.8, 4) is 0 Å². The van der Waals surface area contributed by atoms with E-state index >= 15 is 0 Å². The molecule has 1 aromatic rings. The summed E-state index contributed by atoms with van der Waals surface area (Å²) in [6.45, 7) is 3.61. The fraction of sp³-hybridized carbons (Fsp3) is 0.600. The number of rotatable bonds is 6. The zero-order valence-electron chi connectivity index (χ0n) is 8.80. The van der Waals surface area contributed by atoms with Gasteiger partial charge in [-0.2, -0.15) is 11.8 Å². The van der Waals surface area contributed by atoms with Crippen molar-refractivity contribution >= 4 is 11.8 Å². The molecule has 3 nitrogen and oxygen atoms in total. The van der Waals surface area contributed by atoms with Gasteiger partial charge in [0.25, 0.3) is 0 Å². The Hall–Kier alpha value is -0.450. The molecule has 4 heteroatoms. The van der Waals surface area contributed by atoms with Crippen LogP contribution in [0.4, 0.5) is 0 Å². The van der Waals surface area contributed by atoms with E-state index in [1.807, 2.05) is 18.8 Å². The van der Waals surface area contributed by atoms with Gasteiger partial charge in [-0.15, -0.1) is 0 Å². The molecule has 0 unspecified atom stereocenters. The largest absolute Gasteiger partial charge is 0.464 e. The number of thioether (sulfide) groups is 1. The van der Waals surface area contributed by atoms with Crippen molar-refractivity contribution < 1.29 is 4.42 Å². The molecular formula is C10H18N2OS. The van der Waals surface area contributed by atoms with Crippen molar-refractivity contribution in [2.75, 3.05) is 19.3 Å². The van der Waals surface area contributed by atoms with Crippen LogP contribution in [0.3, 0.4) is 0 Å². The maximum absolute atomic E-state index is 5.68. The first-order valence-electron chi connectivity index (χ1n) is 4.78. The number of furan rings is 1. The van der Waals surface area contributed by atoms with Gasteiger partial charge in [-0.3, -0.25) is 0 Å². The topological polar surface area (TPSA) is 51.2 Å². The van der Waals surface area contributed by atoms with Crippen molar-refractivity contribution in [2.45, 2.75) is 19.2 Å². The van der Waals surface area contributed by atoms with Gasteiger partial charge in [0.2, 0.25) is 0 Å². The molecule has 0 aliphatic heterocycles. The van der Waals surface area contributed by atoms with Gasteiger partial charge in [0.15, 0.2) is 0 Å². The summed E-state index contributed by atoms with van der Waals surface area (Å²) in [4.78, 5) is 0. The van der Waals surface area contributed by atoms with Crippen LogP contribution < -0.4 is 11.1 Å². The van der Waals surface area contributed by atoms with E-state index in [0.29, 0.717) is 0 Å². The monoisotopic (exact) mass is 214 g/mol. The Morgan fingerprint density at radius 2 is 2.36 bits per heavy atom. The van der Waals surface area contributed by atoms with E-state index in [2.05, 4.69) is 18.3 Å². The highest BCUT2D eigenvalue weighted by molar-refractivity contribution is 7.98. The normalized spacial score (nSPS) is 10.8. The van der Waals surface area contributed by atoms with E-state index in [0.717, 1.165) is 36.1 Å². The third-order valence-corrected chi connectivity index (χ3v) is 2.91. The van der Waals surface area contributed by atoms with Crippen LogP contribution in [0.25, 0.3) is 0 Å². The lowest BCUT2D eigenvalue weighted by Gasteiger charge is -1.98. The molecule has 0 aliphatic carbocycles. The first kappa shape index (κ1) is 11.6. The van der Waals surface area contributed by atoms with E-state index in [1.54, 1.807) is 0 Å². The van der Waals surface area contributed by atoms with Gasteiger partial charge in [-0.05, 0) is 25.6 Å². The Bertz CT molecular complexity index is 273. The molecule has 14 heavy (non-hydrogen) atoms. The average molecular weight is 214 g/mol. The summed E-state index contributed by atoms with van der Waals surface area (Å²) in [5.41, 5.74) is 6.66. The predicted octanol–water partition coefficient (Wildman–Crippen LogP) is 1.50. The Morgan fingerprint density at radius 1 is 1.57 bits per heavy atom. The number of aryl methyl sites for hydroxylation is 1. The van der Waals surface area contributed by atoms with Gasteiger partial charge < -0.3 is 15.5 Å². The first-order valence-corrected chi connectivity index (χ1v) is 5.94. The quantitative estimate of drug-likeness (QED) is 0.705. The van der Waals surface area contributed by atoms with Crippen molar-refractivity contribution in [3.63, 3.8) is 0 Å². The molecule has 0 aliphatic rings. The minimum absolute atomic E-state index is 0.730. The SMILES string of the molecule is CNCc1cc(C)c(CSCCN)o1. The highest BCUT2D eigenvalue weighted by atomic mass is 32.2. The van der Waals surface area contributed by atoms with Gasteiger partial charge in [-0.1, -0.05) is 0 Å². The fourth-order valence-electron chi connectivity index (χ4n) is 1.24. The minimum Gasteiger partial charge on any atom is -0.464 e. The summed E-state index contributed by atoms with van der Waals surface area (Å²) < 4.78 is 5.68. The van der Waals surface area contributed by atoms with Gasteiger partial charge >= 0.3 is 0 Å². The lowest BCUT2D eigenvalue weighted by Crippen LogP contribution is -2.03. The van der Waals surface area contributed by atoms with Crippen LogP contribution in [0, 0.1) is 6.92 Å². The second-order valence-corrected chi connectivity index (χ2v) is 4.30. The second kappa shape index (κ2) is 6.11. The molecule has 1 aromatic heterocycles. The van der Waals surface area contributed by atoms with Crippen LogP contribution in [0.5, 0.6) is 0 Å². The highest BCUT2D eigenvalue weighted by Gasteiger charge is 2.06. The molecule has 0 amide bonds. The molecule has 0 saturated heterocycles. The van der Waals surface area contributed by atoms with Crippen molar-refractivity contribution in [3.05, 3.63) is 23.2 Å². The molecule has 0 aromatic carbocycles. The smallest absolute Gasteiger partial charge is 0.118 e. The summed E-state index contributed by atoms with van der Waals surface area (Å²) >= 11 is 1.81. The summed E-state index contributed by atoms with van der Waals surface area (Å²) in [5, 5.41) is 3.07. The van der Waals surface area contributed by atoms with Gasteiger partial charge in [0.05, 0.1) is 12.3 Å². The minimum atomic E-state index is 0.730. The number of hydrogen-bond donors (Lipinski definition) is 2. The number of hydrogen-bond acceptors (Lipinski definition) is 4. The van der Waals surface area contributed by atoms with Crippen molar-refractivity contribution in [2.24, 2.45) is 5.73 Å². The Balaban J connectivity index is 2.49. The average Bonchev–Trinajstić information content (AvgIpc) is 2.48. The predicted molar refractivity (Wildman–Crippen MR) is 61.4 cm³/mol. The molecule has 0 fully saturated rings. The molecule has 1 rings (SSSR count). The summed E-state index contributed by atoms with van der Waals surface area (Å²) in [7, 11) is 1.92. The lowest BCUT2D eigenvalue weighted by molar-refractivity contribution is 0.467. The van der Waals surface area contributed by atoms with Crippen LogP contribution >= 0.6 is 11.8 Å². The Kier molecular flexibility index (Phi) is 5.07. The molecule has 80 valence electrons. The van der Waals surface area contributed by atoms with Crippen LogP contribution in [-0.4, -0.2) is 19.3 Å². The summed E-state index contributed by atoms with van der Waals surface area (Å²) in [5.74, 6) is 4.00. The van der Waals surface area contributed by atoms with E-state index in [4.69, 9.17) is 10.2 Å². The highest BCUT2D eigenvalue weighted by Crippen LogP contribution is 2.19. The summed E-state index contributed by atoms with van der Waals surface area (Å²) in [6, 6.07) is 2.09. The van der Waals surface area contributed by atoms with Crippen LogP contribution in [0.1, 0.15) is 17.1 Å². The Morgan fingerprint density at radius 3 is 3.00 bits per heavy atom. The third-order valence-electron chi connectivity index (χ3n) is 1.92. The van der Waals surface area contributed by atoms with Crippen LogP contribution in [0.15, 0.2) is 10.5 Å². The van der Waals surface area contributed by atoms with Gasteiger partial charge in [0, 0.05) is 12.3 Å². The van der Waals surface area contributed by atoms with Crippen molar-refractivity contribution in [1.29, 1.82) is 0 Å². The molecule has 0 atom stereocenters. The second-order valence-electron chi connectivity index (χ2n) is 3.19. The van der Waals surface area contributed by atoms with E-state index < -0.39 is 0 Å². The first-order chi connectivity index (χ1) is 6.77. The summed E-state index contributed by atoms with van der Waals surface area (Å²) in [6.07, 6.45) is 0. The van der Waals surface area contributed by atoms with Crippen molar-refractivity contribution in [1.82, 2.24) is 5.32 Å². The van der Waals surface area contributed by atoms with Crippen LogP contribution in [-0.2, 0) is 12.3 Å². The molecule has 3 N–H and O–H groups in total. The Labute approximate surface area is 89.4 Å². The van der Waals surface area contributed by atoms with Gasteiger partial charge in [0.1, 0.15) is 11.5 Å². The van der Waals surface area contributed by atoms with E-state index in [9.17, 15) is 0 Å². The molecule has 0 spiro atoms. The zero-order chi connectivity index (χ0) is 10.4. The third kappa shape index (κ3) is 3.36. The molecule has 0 saturated carbocycles. The zero-order valence-corrected chi connectivity index (χ0v) is 9.62. The molecule has 0 bridgehead atoms. The maximum Gasteiger partial charge on any atom is 0.118 e. The fourth-order valence-corrected chi connectivity index (χ4v) is 2.03. The van der Waals surface area contributed by atoms with E-state index in [-0.39, 0.29) is 0 Å². The molecule has 0 radical (unpaired) electrons. The number of nitrogens with one attached hydrogen (secondary N) is 1. The molecule has 1 heterocycles. The van der Waals surface area contributed by atoms with Gasteiger partial charge in [-0.25, -0.2) is 0 Å². The number of nitrogens with two attached hydrogens (primary N) is 1. The maximum atomic E-state index is 5.68. The van der Waals surface area contributed by atoms with E-state index in [1.165, 1.54) is 5.56 Å².